The molecule has 1 atom stereocenters. The lowest BCUT2D eigenvalue weighted by Gasteiger charge is -2.32. The lowest BCUT2D eigenvalue weighted by molar-refractivity contribution is -0.384. The number of ether oxygens (including phenoxy) is 1. The summed E-state index contributed by atoms with van der Waals surface area (Å²) in [5, 5.41) is 10.8. The first kappa shape index (κ1) is 14.0. The second kappa shape index (κ2) is 5.82. The Labute approximate surface area is 122 Å². The van der Waals surface area contributed by atoms with Crippen LogP contribution in [0.5, 0.6) is 0 Å². The molecule has 2 saturated heterocycles. The number of hydrogen-bond acceptors (Lipinski definition) is 7. The number of anilines is 2. The fourth-order valence-corrected chi connectivity index (χ4v) is 2.98. The van der Waals surface area contributed by atoms with Crippen molar-refractivity contribution >= 4 is 17.3 Å². The number of aromatic nitrogens is 1. The van der Waals surface area contributed by atoms with E-state index in [2.05, 4.69) is 14.8 Å². The van der Waals surface area contributed by atoms with Crippen molar-refractivity contribution in [2.75, 3.05) is 50.0 Å². The molecular formula is C13H19N5O3. The van der Waals surface area contributed by atoms with Gasteiger partial charge in [-0.05, 0) is 12.5 Å². The number of hydrogen-bond donors (Lipinski definition) is 1. The zero-order chi connectivity index (χ0) is 14.8. The van der Waals surface area contributed by atoms with Crippen molar-refractivity contribution in [1.82, 2.24) is 9.88 Å². The van der Waals surface area contributed by atoms with Gasteiger partial charge in [0.25, 0.3) is 0 Å². The maximum atomic E-state index is 10.8. The van der Waals surface area contributed by atoms with Crippen molar-refractivity contribution in [3.8, 4) is 0 Å². The fourth-order valence-electron chi connectivity index (χ4n) is 2.98. The summed E-state index contributed by atoms with van der Waals surface area (Å²) in [7, 11) is 0. The number of nitro groups is 1. The Hall–Kier alpha value is -1.93. The minimum absolute atomic E-state index is 0.0210. The van der Waals surface area contributed by atoms with Crippen LogP contribution in [0, 0.1) is 10.1 Å². The van der Waals surface area contributed by atoms with Crippen molar-refractivity contribution in [3.63, 3.8) is 0 Å². The molecule has 1 unspecified atom stereocenters. The van der Waals surface area contributed by atoms with E-state index in [-0.39, 0.29) is 11.5 Å². The third kappa shape index (κ3) is 2.91. The third-order valence-corrected chi connectivity index (χ3v) is 4.13. The van der Waals surface area contributed by atoms with Gasteiger partial charge < -0.3 is 15.4 Å². The highest BCUT2D eigenvalue weighted by Crippen LogP contribution is 2.26. The van der Waals surface area contributed by atoms with Crippen LogP contribution in [0.2, 0.25) is 0 Å². The Morgan fingerprint density at radius 3 is 2.76 bits per heavy atom. The van der Waals surface area contributed by atoms with Gasteiger partial charge in [0.15, 0.2) is 0 Å². The van der Waals surface area contributed by atoms with Gasteiger partial charge in [-0.15, -0.1) is 0 Å². The molecule has 114 valence electrons. The summed E-state index contributed by atoms with van der Waals surface area (Å²) in [4.78, 5) is 19.0. The van der Waals surface area contributed by atoms with Gasteiger partial charge in [0.05, 0.1) is 18.1 Å². The van der Waals surface area contributed by atoms with E-state index >= 15 is 0 Å². The van der Waals surface area contributed by atoms with Gasteiger partial charge in [-0.1, -0.05) is 0 Å². The number of nitrogen functional groups attached to an aromatic ring is 1. The predicted octanol–water partition coefficient (Wildman–Crippen LogP) is 0.483. The molecule has 2 aliphatic rings. The molecule has 0 bridgehead atoms. The van der Waals surface area contributed by atoms with E-state index in [1.54, 1.807) is 6.07 Å². The molecule has 0 spiro atoms. The maximum absolute atomic E-state index is 10.8. The van der Waals surface area contributed by atoms with Crippen molar-refractivity contribution in [3.05, 3.63) is 22.2 Å². The first-order valence-corrected chi connectivity index (χ1v) is 7.13. The zero-order valence-corrected chi connectivity index (χ0v) is 11.8. The highest BCUT2D eigenvalue weighted by Gasteiger charge is 2.29. The minimum Gasteiger partial charge on any atom is -0.379 e. The summed E-state index contributed by atoms with van der Waals surface area (Å²) >= 11 is 0. The maximum Gasteiger partial charge on any atom is 0.311 e. The molecular weight excluding hydrogens is 274 g/mol. The van der Waals surface area contributed by atoms with Crippen molar-refractivity contribution < 1.29 is 9.66 Å². The summed E-state index contributed by atoms with van der Waals surface area (Å²) in [6.45, 7) is 5.29. The Kier molecular flexibility index (Phi) is 3.89. The van der Waals surface area contributed by atoms with E-state index in [1.807, 2.05) is 0 Å². The number of morpholine rings is 1. The van der Waals surface area contributed by atoms with Crippen LogP contribution >= 0.6 is 0 Å². The van der Waals surface area contributed by atoms with Crippen LogP contribution in [-0.2, 0) is 4.74 Å². The number of nitrogens with zero attached hydrogens (tertiary/aromatic N) is 4. The van der Waals surface area contributed by atoms with Gasteiger partial charge >= 0.3 is 5.69 Å². The van der Waals surface area contributed by atoms with Gasteiger partial charge in [0.1, 0.15) is 5.82 Å². The molecule has 3 heterocycles. The smallest absolute Gasteiger partial charge is 0.311 e. The standard InChI is InChI=1S/C13H19N5O3/c14-13-11(18(19)20)1-2-12(15-13)17-4-3-10(9-17)16-5-7-21-8-6-16/h1-2,10H,3-9H2,(H2,14,15). The summed E-state index contributed by atoms with van der Waals surface area (Å²) in [6, 6.07) is 3.60. The quantitative estimate of drug-likeness (QED) is 0.639. The fraction of sp³-hybridized carbons (Fsp3) is 0.615. The molecule has 8 heteroatoms. The molecule has 2 N–H and O–H groups in total. The summed E-state index contributed by atoms with van der Waals surface area (Å²) in [6.07, 6.45) is 1.07. The lowest BCUT2D eigenvalue weighted by Crippen LogP contribution is -2.44. The highest BCUT2D eigenvalue weighted by molar-refractivity contribution is 5.58. The number of rotatable bonds is 3. The van der Waals surface area contributed by atoms with Crippen LogP contribution in [0.1, 0.15) is 6.42 Å². The molecule has 0 saturated carbocycles. The van der Waals surface area contributed by atoms with Crippen LogP contribution < -0.4 is 10.6 Å². The Morgan fingerprint density at radius 2 is 2.10 bits per heavy atom. The van der Waals surface area contributed by atoms with E-state index in [9.17, 15) is 10.1 Å². The predicted molar refractivity (Wildman–Crippen MR) is 78.3 cm³/mol. The van der Waals surface area contributed by atoms with Crippen LogP contribution in [0.4, 0.5) is 17.3 Å². The van der Waals surface area contributed by atoms with E-state index < -0.39 is 4.92 Å². The first-order valence-electron chi connectivity index (χ1n) is 7.13. The lowest BCUT2D eigenvalue weighted by atomic mass is 10.2. The molecule has 2 aliphatic heterocycles. The zero-order valence-electron chi connectivity index (χ0n) is 11.8. The van der Waals surface area contributed by atoms with Crippen molar-refractivity contribution in [2.24, 2.45) is 0 Å². The Morgan fingerprint density at radius 1 is 1.33 bits per heavy atom. The van der Waals surface area contributed by atoms with Gasteiger partial charge in [0.2, 0.25) is 5.82 Å². The molecule has 21 heavy (non-hydrogen) atoms. The molecule has 0 amide bonds. The molecule has 1 aromatic rings. The molecule has 8 nitrogen and oxygen atoms in total. The molecule has 2 fully saturated rings. The highest BCUT2D eigenvalue weighted by atomic mass is 16.6. The number of nitrogens with two attached hydrogens (primary N) is 1. The van der Waals surface area contributed by atoms with E-state index in [0.717, 1.165) is 45.8 Å². The summed E-state index contributed by atoms with van der Waals surface area (Å²) < 4.78 is 5.37. The van der Waals surface area contributed by atoms with E-state index in [0.29, 0.717) is 11.9 Å². The molecule has 0 aliphatic carbocycles. The molecule has 3 rings (SSSR count). The van der Waals surface area contributed by atoms with Gasteiger partial charge in [-0.2, -0.15) is 0 Å². The topological polar surface area (TPSA) is 97.8 Å². The molecule has 0 radical (unpaired) electrons. The number of pyridine rings is 1. The first-order chi connectivity index (χ1) is 10.1. The van der Waals surface area contributed by atoms with Gasteiger partial charge in [0, 0.05) is 38.3 Å². The second-order valence-electron chi connectivity index (χ2n) is 5.37. The average molecular weight is 293 g/mol. The Balaban J connectivity index is 1.68. The van der Waals surface area contributed by atoms with Crippen LogP contribution in [0.25, 0.3) is 0 Å². The monoisotopic (exact) mass is 293 g/mol. The van der Waals surface area contributed by atoms with Gasteiger partial charge in [-0.3, -0.25) is 15.0 Å². The van der Waals surface area contributed by atoms with Gasteiger partial charge in [-0.25, -0.2) is 4.98 Å². The van der Waals surface area contributed by atoms with E-state index in [4.69, 9.17) is 10.5 Å². The SMILES string of the molecule is Nc1nc(N2CCC(N3CCOCC3)C2)ccc1[N+](=O)[O-]. The Bertz CT molecular complexity index is 533. The van der Waals surface area contributed by atoms with Crippen LogP contribution in [0.15, 0.2) is 12.1 Å². The minimum atomic E-state index is -0.507. The van der Waals surface area contributed by atoms with E-state index in [1.165, 1.54) is 6.07 Å². The van der Waals surface area contributed by atoms with Crippen LogP contribution in [-0.4, -0.2) is 60.2 Å². The largest absolute Gasteiger partial charge is 0.379 e. The summed E-state index contributed by atoms with van der Waals surface area (Å²) in [5.41, 5.74) is 5.52. The third-order valence-electron chi connectivity index (χ3n) is 4.13. The summed E-state index contributed by atoms with van der Waals surface area (Å²) in [5.74, 6) is 0.696. The average Bonchev–Trinajstić information content (AvgIpc) is 2.97. The normalized spacial score (nSPS) is 23.4. The van der Waals surface area contributed by atoms with Crippen molar-refractivity contribution in [2.45, 2.75) is 12.5 Å². The molecule has 1 aromatic heterocycles. The second-order valence-corrected chi connectivity index (χ2v) is 5.37. The molecule has 0 aromatic carbocycles. The van der Waals surface area contributed by atoms with Crippen LogP contribution in [0.3, 0.4) is 0 Å². The van der Waals surface area contributed by atoms with Crippen molar-refractivity contribution in [1.29, 1.82) is 0 Å².